The summed E-state index contributed by atoms with van der Waals surface area (Å²) >= 11 is 0. The number of hydrogen-bond acceptors (Lipinski definition) is 4. The van der Waals surface area contributed by atoms with Gasteiger partial charge in [-0.2, -0.15) is 0 Å². The summed E-state index contributed by atoms with van der Waals surface area (Å²) < 4.78 is 15.8. The van der Waals surface area contributed by atoms with Crippen LogP contribution in [0, 0.1) is 25.6 Å². The molecule has 0 saturated carbocycles. The van der Waals surface area contributed by atoms with Crippen LogP contribution < -0.4 is 10.6 Å². The number of pyridine rings is 1. The van der Waals surface area contributed by atoms with E-state index in [1.54, 1.807) is 18.5 Å². The summed E-state index contributed by atoms with van der Waals surface area (Å²) in [5, 5.41) is 15.4. The number of carboxylic acids is 1. The van der Waals surface area contributed by atoms with Crippen LogP contribution >= 0.6 is 0 Å². The van der Waals surface area contributed by atoms with Crippen molar-refractivity contribution in [3.05, 3.63) is 71.9 Å². The van der Waals surface area contributed by atoms with Crippen LogP contribution in [0.15, 0.2) is 49.4 Å². The number of nitrogens with one attached hydrogen (secondary N) is 2. The minimum atomic E-state index is -1.04. The molecular formula is C26H31FN4O3. The largest absolute Gasteiger partial charge is 0.481 e. The van der Waals surface area contributed by atoms with Gasteiger partial charge >= 0.3 is 5.97 Å². The Hall–Kier alpha value is -3.68. The number of benzene rings is 1. The SMILES string of the molecule is C=CNC(CC(C)C)C(=O)NC(CC(=O)O)c1cc(-c2c(C)cc(F)cc2C)n2ccnc2c1. The number of nitrogens with zero attached hydrogens (tertiary/aromatic N) is 2. The molecule has 0 aliphatic rings. The summed E-state index contributed by atoms with van der Waals surface area (Å²) in [5.74, 6) is -1.42. The monoisotopic (exact) mass is 466 g/mol. The molecule has 34 heavy (non-hydrogen) atoms. The van der Waals surface area contributed by atoms with Crippen LogP contribution in [0.5, 0.6) is 0 Å². The summed E-state index contributed by atoms with van der Waals surface area (Å²) in [4.78, 5) is 29.2. The second-order valence-electron chi connectivity index (χ2n) is 8.96. The summed E-state index contributed by atoms with van der Waals surface area (Å²) in [7, 11) is 0. The van der Waals surface area contributed by atoms with Gasteiger partial charge in [-0.1, -0.05) is 20.4 Å². The van der Waals surface area contributed by atoms with Crippen molar-refractivity contribution in [2.24, 2.45) is 5.92 Å². The van der Waals surface area contributed by atoms with Crippen molar-refractivity contribution >= 4 is 17.5 Å². The van der Waals surface area contributed by atoms with Gasteiger partial charge in [-0.3, -0.25) is 14.0 Å². The van der Waals surface area contributed by atoms with E-state index in [4.69, 9.17) is 0 Å². The van der Waals surface area contributed by atoms with Crippen LogP contribution in [-0.4, -0.2) is 32.4 Å². The van der Waals surface area contributed by atoms with Crippen molar-refractivity contribution in [3.8, 4) is 11.3 Å². The van der Waals surface area contributed by atoms with E-state index < -0.39 is 18.1 Å². The Bertz CT molecular complexity index is 1190. The standard InChI is InChI=1S/C26H31FN4O3/c1-6-28-21(9-15(2)3)26(34)30-20(14-24(32)33)18-12-22(31-8-7-29-23(31)13-18)25-16(4)10-19(27)11-17(25)5/h6-8,10-13,15,20-21,28H,1,9,14H2,2-5H3,(H,30,34)(H,32,33). The van der Waals surface area contributed by atoms with E-state index >= 15 is 0 Å². The predicted octanol–water partition coefficient (Wildman–Crippen LogP) is 4.54. The highest BCUT2D eigenvalue weighted by molar-refractivity contribution is 5.83. The Balaban J connectivity index is 2.09. The first-order valence-corrected chi connectivity index (χ1v) is 11.2. The lowest BCUT2D eigenvalue weighted by Crippen LogP contribution is -2.44. The number of carboxylic acid groups (broad SMARTS) is 1. The lowest BCUT2D eigenvalue weighted by molar-refractivity contribution is -0.137. The number of aromatic nitrogens is 2. The molecule has 180 valence electrons. The molecule has 8 heteroatoms. The molecular weight excluding hydrogens is 435 g/mol. The molecule has 3 N–H and O–H groups in total. The van der Waals surface area contributed by atoms with Gasteiger partial charge in [0, 0.05) is 18.0 Å². The second kappa shape index (κ2) is 10.5. The first kappa shape index (κ1) is 25.0. The summed E-state index contributed by atoms with van der Waals surface area (Å²) in [5.41, 5.74) is 4.27. The van der Waals surface area contributed by atoms with Crippen LogP contribution in [0.1, 0.15) is 49.4 Å². The van der Waals surface area contributed by atoms with E-state index in [-0.39, 0.29) is 24.1 Å². The van der Waals surface area contributed by atoms with Crippen molar-refractivity contribution in [3.63, 3.8) is 0 Å². The Morgan fingerprint density at radius 3 is 2.47 bits per heavy atom. The fourth-order valence-corrected chi connectivity index (χ4v) is 4.32. The highest BCUT2D eigenvalue weighted by Crippen LogP contribution is 2.32. The molecule has 7 nitrogen and oxygen atoms in total. The summed E-state index contributed by atoms with van der Waals surface area (Å²) in [6.45, 7) is 11.3. The molecule has 2 atom stereocenters. The van der Waals surface area contributed by atoms with Gasteiger partial charge < -0.3 is 15.7 Å². The Kier molecular flexibility index (Phi) is 7.71. The van der Waals surface area contributed by atoms with E-state index in [0.717, 1.165) is 22.4 Å². The Labute approximate surface area is 198 Å². The molecule has 2 heterocycles. The number of aliphatic carboxylic acids is 1. The highest BCUT2D eigenvalue weighted by Gasteiger charge is 2.25. The quantitative estimate of drug-likeness (QED) is 0.408. The normalized spacial score (nSPS) is 13.0. The molecule has 0 spiro atoms. The maximum atomic E-state index is 14.0. The third-order valence-electron chi connectivity index (χ3n) is 5.72. The van der Waals surface area contributed by atoms with Crippen molar-refractivity contribution in [2.45, 2.75) is 52.6 Å². The van der Waals surface area contributed by atoms with E-state index in [1.165, 1.54) is 18.3 Å². The number of fused-ring (bicyclic) bond motifs is 1. The third-order valence-corrected chi connectivity index (χ3v) is 5.72. The number of imidazole rings is 1. The zero-order valence-electron chi connectivity index (χ0n) is 19.9. The van der Waals surface area contributed by atoms with Crippen LogP contribution in [0.2, 0.25) is 0 Å². The molecule has 1 amide bonds. The number of rotatable bonds is 10. The van der Waals surface area contributed by atoms with Crippen LogP contribution in [0.25, 0.3) is 16.9 Å². The molecule has 0 aliphatic carbocycles. The molecule has 0 bridgehead atoms. The summed E-state index contributed by atoms with van der Waals surface area (Å²) in [6, 6.07) is 5.22. The van der Waals surface area contributed by atoms with Crippen molar-refractivity contribution in [2.75, 3.05) is 0 Å². The average molecular weight is 467 g/mol. The van der Waals surface area contributed by atoms with Gasteiger partial charge in [0.25, 0.3) is 0 Å². The number of amides is 1. The van der Waals surface area contributed by atoms with E-state index in [1.807, 2.05) is 38.2 Å². The second-order valence-corrected chi connectivity index (χ2v) is 8.96. The van der Waals surface area contributed by atoms with E-state index in [0.29, 0.717) is 17.6 Å². The van der Waals surface area contributed by atoms with Crippen molar-refractivity contribution < 1.29 is 19.1 Å². The van der Waals surface area contributed by atoms with Gasteiger partial charge in [0.05, 0.1) is 18.2 Å². The van der Waals surface area contributed by atoms with Crippen molar-refractivity contribution in [1.29, 1.82) is 0 Å². The smallest absolute Gasteiger partial charge is 0.305 e. The fourth-order valence-electron chi connectivity index (χ4n) is 4.32. The zero-order chi connectivity index (χ0) is 25.0. The van der Waals surface area contributed by atoms with Crippen LogP contribution in [0.3, 0.4) is 0 Å². The van der Waals surface area contributed by atoms with Crippen LogP contribution in [-0.2, 0) is 9.59 Å². The topological polar surface area (TPSA) is 95.7 Å². The van der Waals surface area contributed by atoms with Gasteiger partial charge in [0.1, 0.15) is 17.5 Å². The minimum absolute atomic E-state index is 0.249. The fraction of sp³-hybridized carbons (Fsp3) is 0.346. The number of aryl methyl sites for hydroxylation is 2. The highest BCUT2D eigenvalue weighted by atomic mass is 19.1. The van der Waals surface area contributed by atoms with Crippen molar-refractivity contribution in [1.82, 2.24) is 20.0 Å². The maximum absolute atomic E-state index is 14.0. The molecule has 2 unspecified atom stereocenters. The molecule has 0 saturated heterocycles. The average Bonchev–Trinajstić information content (AvgIpc) is 3.20. The Morgan fingerprint density at radius 1 is 1.21 bits per heavy atom. The lowest BCUT2D eigenvalue weighted by Gasteiger charge is -2.24. The molecule has 0 fully saturated rings. The van der Waals surface area contributed by atoms with Gasteiger partial charge in [-0.15, -0.1) is 0 Å². The number of hydrogen-bond donors (Lipinski definition) is 3. The number of halogens is 1. The number of carbonyl (C=O) groups excluding carboxylic acids is 1. The van der Waals surface area contributed by atoms with Gasteiger partial charge in [0.15, 0.2) is 0 Å². The maximum Gasteiger partial charge on any atom is 0.305 e. The minimum Gasteiger partial charge on any atom is -0.481 e. The molecule has 3 aromatic rings. The zero-order valence-corrected chi connectivity index (χ0v) is 19.9. The van der Waals surface area contributed by atoms with Crippen LogP contribution in [0.4, 0.5) is 4.39 Å². The van der Waals surface area contributed by atoms with E-state index in [9.17, 15) is 19.1 Å². The molecule has 0 radical (unpaired) electrons. The molecule has 1 aromatic carbocycles. The first-order valence-electron chi connectivity index (χ1n) is 11.2. The van der Waals surface area contributed by atoms with Gasteiger partial charge in [0.2, 0.25) is 5.91 Å². The molecule has 3 rings (SSSR count). The lowest BCUT2D eigenvalue weighted by atomic mass is 9.95. The Morgan fingerprint density at radius 2 is 1.88 bits per heavy atom. The van der Waals surface area contributed by atoms with Gasteiger partial charge in [-0.25, -0.2) is 9.37 Å². The molecule has 0 aliphatic heterocycles. The summed E-state index contributed by atoms with van der Waals surface area (Å²) in [6.07, 6.45) is 5.18. The van der Waals surface area contributed by atoms with E-state index in [2.05, 4.69) is 22.2 Å². The molecule has 2 aromatic heterocycles. The first-order chi connectivity index (χ1) is 16.1. The number of carbonyl (C=O) groups is 2. The van der Waals surface area contributed by atoms with Gasteiger partial charge in [-0.05, 0) is 73.3 Å². The predicted molar refractivity (Wildman–Crippen MR) is 130 cm³/mol. The third kappa shape index (κ3) is 5.62.